The Labute approximate surface area is 164 Å². The molecule has 146 valence electrons. The second-order valence-corrected chi connectivity index (χ2v) is 6.90. The summed E-state index contributed by atoms with van der Waals surface area (Å²) in [5.74, 6) is -0.876. The number of fused-ring (bicyclic) bond motifs is 1. The van der Waals surface area contributed by atoms with E-state index in [4.69, 9.17) is 4.74 Å². The van der Waals surface area contributed by atoms with Crippen LogP contribution < -0.4 is 10.6 Å². The number of benzene rings is 2. The van der Waals surface area contributed by atoms with Crippen molar-refractivity contribution in [2.75, 3.05) is 12.4 Å². The van der Waals surface area contributed by atoms with Crippen molar-refractivity contribution in [3.8, 4) is 0 Å². The Kier molecular flexibility index (Phi) is 6.42. The molecule has 0 aliphatic carbocycles. The summed E-state index contributed by atoms with van der Waals surface area (Å²) in [7, 11) is 1.33. The third-order valence-corrected chi connectivity index (χ3v) is 4.97. The van der Waals surface area contributed by atoms with E-state index in [0.29, 0.717) is 12.8 Å². The molecular weight excluding hydrogens is 356 g/mol. The van der Waals surface area contributed by atoms with Gasteiger partial charge in [-0.25, -0.2) is 0 Å². The van der Waals surface area contributed by atoms with Gasteiger partial charge < -0.3 is 15.4 Å². The lowest BCUT2D eigenvalue weighted by Crippen LogP contribution is -2.33. The molecule has 1 aliphatic rings. The van der Waals surface area contributed by atoms with Crippen LogP contribution in [0.4, 0.5) is 5.69 Å². The van der Waals surface area contributed by atoms with Crippen molar-refractivity contribution >= 4 is 23.5 Å². The Hall–Kier alpha value is -3.15. The number of ether oxygens (including phenoxy) is 1. The van der Waals surface area contributed by atoms with Gasteiger partial charge in [0.1, 0.15) is 0 Å². The number of para-hydroxylation sites is 1. The Balaban J connectivity index is 1.59. The molecule has 0 spiro atoms. The fraction of sp³-hybridized carbons (Fsp3) is 0.318. The van der Waals surface area contributed by atoms with E-state index in [1.54, 1.807) is 0 Å². The van der Waals surface area contributed by atoms with Crippen molar-refractivity contribution < 1.29 is 19.1 Å². The maximum atomic E-state index is 12.5. The molecule has 3 rings (SSSR count). The molecule has 6 nitrogen and oxygen atoms in total. The van der Waals surface area contributed by atoms with Crippen LogP contribution in [0.2, 0.25) is 0 Å². The first-order valence-electron chi connectivity index (χ1n) is 9.36. The minimum atomic E-state index is -0.456. The van der Waals surface area contributed by atoms with Crippen molar-refractivity contribution in [3.05, 3.63) is 65.7 Å². The number of carbonyl (C=O) groups is 3. The highest BCUT2D eigenvalue weighted by Gasteiger charge is 2.27. The lowest BCUT2D eigenvalue weighted by Gasteiger charge is -2.25. The van der Waals surface area contributed by atoms with Gasteiger partial charge in [-0.1, -0.05) is 48.5 Å². The quantitative estimate of drug-likeness (QED) is 0.723. The van der Waals surface area contributed by atoms with Gasteiger partial charge in [-0.2, -0.15) is 0 Å². The van der Waals surface area contributed by atoms with Gasteiger partial charge in [0.05, 0.1) is 19.6 Å². The molecule has 28 heavy (non-hydrogen) atoms. The maximum absolute atomic E-state index is 12.5. The summed E-state index contributed by atoms with van der Waals surface area (Å²) in [6, 6.07) is 16.6. The summed E-state index contributed by atoms with van der Waals surface area (Å²) in [4.78, 5) is 36.5. The van der Waals surface area contributed by atoms with Crippen molar-refractivity contribution in [1.29, 1.82) is 0 Å². The van der Waals surface area contributed by atoms with Crippen LogP contribution in [-0.2, 0) is 25.5 Å². The summed E-state index contributed by atoms with van der Waals surface area (Å²) < 4.78 is 4.74. The smallest absolute Gasteiger partial charge is 0.307 e. The molecule has 6 heteroatoms. The molecule has 1 aliphatic heterocycles. The van der Waals surface area contributed by atoms with Crippen molar-refractivity contribution in [3.63, 3.8) is 0 Å². The summed E-state index contributed by atoms with van der Waals surface area (Å²) >= 11 is 0. The number of hydrogen-bond donors (Lipinski definition) is 2. The molecule has 0 aromatic heterocycles. The van der Waals surface area contributed by atoms with Gasteiger partial charge in [0.15, 0.2) is 0 Å². The number of rotatable bonds is 7. The first kappa shape index (κ1) is 19.6. The molecule has 1 heterocycles. The monoisotopic (exact) mass is 380 g/mol. The molecule has 2 aromatic carbocycles. The minimum absolute atomic E-state index is 0.0549. The van der Waals surface area contributed by atoms with Crippen LogP contribution in [0.15, 0.2) is 54.6 Å². The molecule has 0 saturated carbocycles. The molecule has 0 bridgehead atoms. The average molecular weight is 380 g/mol. The van der Waals surface area contributed by atoms with Crippen LogP contribution in [0.25, 0.3) is 0 Å². The Morgan fingerprint density at radius 3 is 2.61 bits per heavy atom. The number of amides is 2. The molecular formula is C22H24N2O4. The van der Waals surface area contributed by atoms with Crippen molar-refractivity contribution in [2.24, 2.45) is 5.92 Å². The Bertz CT molecular complexity index is 851. The van der Waals surface area contributed by atoms with Gasteiger partial charge in [0, 0.05) is 18.0 Å². The predicted octanol–water partition coefficient (Wildman–Crippen LogP) is 3.00. The molecule has 0 saturated heterocycles. The minimum Gasteiger partial charge on any atom is -0.469 e. The number of esters is 1. The van der Waals surface area contributed by atoms with Gasteiger partial charge in [-0.15, -0.1) is 0 Å². The highest BCUT2D eigenvalue weighted by Crippen LogP contribution is 2.27. The standard InChI is InChI=1S/C22H24N2O4/c1-28-21(26)14-19(15-7-3-2-4-8-15)23-20(25)12-11-17-13-16-9-5-6-10-18(16)24-22(17)27/h2-10,17,19H,11-14H2,1H3,(H,23,25)(H,24,27). The molecule has 2 atom stereocenters. The van der Waals surface area contributed by atoms with Crippen molar-refractivity contribution in [1.82, 2.24) is 5.32 Å². The summed E-state index contributed by atoms with van der Waals surface area (Å²) in [6.07, 6.45) is 1.35. The zero-order chi connectivity index (χ0) is 19.9. The molecule has 2 N–H and O–H groups in total. The molecule has 2 unspecified atom stereocenters. The van der Waals surface area contributed by atoms with Gasteiger partial charge in [0.2, 0.25) is 11.8 Å². The topological polar surface area (TPSA) is 84.5 Å². The maximum Gasteiger partial charge on any atom is 0.307 e. The SMILES string of the molecule is COC(=O)CC(NC(=O)CCC1Cc2ccccc2NC1=O)c1ccccc1. The molecule has 2 amide bonds. The number of nitrogens with one attached hydrogen (secondary N) is 2. The lowest BCUT2D eigenvalue weighted by molar-refractivity contribution is -0.141. The van der Waals surface area contributed by atoms with Gasteiger partial charge >= 0.3 is 5.97 Å². The summed E-state index contributed by atoms with van der Waals surface area (Å²) in [5.41, 5.74) is 2.77. The van der Waals surface area contributed by atoms with Crippen LogP contribution in [0, 0.1) is 5.92 Å². The summed E-state index contributed by atoms with van der Waals surface area (Å²) in [6.45, 7) is 0. The molecule has 0 radical (unpaired) electrons. The van der Waals surface area contributed by atoms with Crippen LogP contribution in [0.3, 0.4) is 0 Å². The van der Waals surface area contributed by atoms with Crippen LogP contribution in [0.1, 0.15) is 36.4 Å². The van der Waals surface area contributed by atoms with E-state index < -0.39 is 12.0 Å². The highest BCUT2D eigenvalue weighted by atomic mass is 16.5. The Morgan fingerprint density at radius 2 is 1.86 bits per heavy atom. The second kappa shape index (κ2) is 9.17. The van der Waals surface area contributed by atoms with E-state index in [-0.39, 0.29) is 30.6 Å². The first-order chi connectivity index (χ1) is 13.6. The fourth-order valence-electron chi connectivity index (χ4n) is 3.41. The third kappa shape index (κ3) is 4.97. The molecule has 2 aromatic rings. The lowest BCUT2D eigenvalue weighted by atomic mass is 9.89. The van der Waals surface area contributed by atoms with Crippen LogP contribution in [0.5, 0.6) is 0 Å². The number of methoxy groups -OCH3 is 1. The third-order valence-electron chi connectivity index (χ3n) is 4.97. The fourth-order valence-corrected chi connectivity index (χ4v) is 3.41. The van der Waals surface area contributed by atoms with Crippen LogP contribution in [-0.4, -0.2) is 24.9 Å². The summed E-state index contributed by atoms with van der Waals surface area (Å²) in [5, 5.41) is 5.80. The van der Waals surface area contributed by atoms with E-state index >= 15 is 0 Å². The van der Waals surface area contributed by atoms with E-state index in [9.17, 15) is 14.4 Å². The average Bonchev–Trinajstić information content (AvgIpc) is 2.72. The van der Waals surface area contributed by atoms with Gasteiger partial charge in [-0.05, 0) is 30.0 Å². The largest absolute Gasteiger partial charge is 0.469 e. The number of anilines is 1. The normalized spacial score (nSPS) is 16.5. The van der Waals surface area contributed by atoms with Gasteiger partial charge in [0.25, 0.3) is 0 Å². The Morgan fingerprint density at radius 1 is 1.14 bits per heavy atom. The van der Waals surface area contributed by atoms with E-state index in [0.717, 1.165) is 16.8 Å². The highest BCUT2D eigenvalue weighted by molar-refractivity contribution is 5.96. The van der Waals surface area contributed by atoms with E-state index in [2.05, 4.69) is 10.6 Å². The molecule has 0 fully saturated rings. The zero-order valence-corrected chi connectivity index (χ0v) is 15.8. The van der Waals surface area contributed by atoms with Gasteiger partial charge in [-0.3, -0.25) is 14.4 Å². The van der Waals surface area contributed by atoms with Crippen molar-refractivity contribution in [2.45, 2.75) is 31.7 Å². The zero-order valence-electron chi connectivity index (χ0n) is 15.8. The predicted molar refractivity (Wildman–Crippen MR) is 105 cm³/mol. The van der Waals surface area contributed by atoms with E-state index in [1.807, 2.05) is 54.6 Å². The number of carbonyl (C=O) groups excluding carboxylic acids is 3. The van der Waals surface area contributed by atoms with Crippen LogP contribution >= 0.6 is 0 Å². The second-order valence-electron chi connectivity index (χ2n) is 6.90. The first-order valence-corrected chi connectivity index (χ1v) is 9.36. The number of hydrogen-bond acceptors (Lipinski definition) is 4. The van der Waals surface area contributed by atoms with E-state index in [1.165, 1.54) is 7.11 Å².